The van der Waals surface area contributed by atoms with Gasteiger partial charge in [-0.05, 0) is 54.6 Å². The van der Waals surface area contributed by atoms with Crippen LogP contribution in [0.1, 0.15) is 35.1 Å². The Morgan fingerprint density at radius 1 is 0.957 bits per heavy atom. The third-order valence-corrected chi connectivity index (χ3v) is 5.29. The summed E-state index contributed by atoms with van der Waals surface area (Å²) >= 11 is 0. The molecule has 23 heavy (non-hydrogen) atoms. The molecule has 0 bridgehead atoms. The van der Waals surface area contributed by atoms with E-state index < -0.39 is 17.3 Å². The molecule has 0 amide bonds. The number of rotatable bonds is 1. The molecule has 120 valence electrons. The summed E-state index contributed by atoms with van der Waals surface area (Å²) in [6, 6.07) is 14.1. The van der Waals surface area contributed by atoms with Crippen LogP contribution in [0.2, 0.25) is 0 Å². The van der Waals surface area contributed by atoms with E-state index in [9.17, 15) is 13.2 Å². The van der Waals surface area contributed by atoms with Crippen molar-refractivity contribution >= 4 is 0 Å². The first-order chi connectivity index (χ1) is 11.0. The smallest absolute Gasteiger partial charge is 0.289 e. The van der Waals surface area contributed by atoms with Crippen LogP contribution in [0.25, 0.3) is 0 Å². The van der Waals surface area contributed by atoms with Gasteiger partial charge in [0, 0.05) is 6.54 Å². The van der Waals surface area contributed by atoms with Crippen molar-refractivity contribution in [2.24, 2.45) is 0 Å². The number of hydrogen-bond acceptors (Lipinski definition) is 1. The van der Waals surface area contributed by atoms with Gasteiger partial charge in [0.1, 0.15) is 0 Å². The number of alkyl halides is 3. The minimum Gasteiger partial charge on any atom is -0.289 e. The Morgan fingerprint density at radius 2 is 1.78 bits per heavy atom. The summed E-state index contributed by atoms with van der Waals surface area (Å²) in [6.07, 6.45) is -1.43. The summed E-state index contributed by atoms with van der Waals surface area (Å²) in [5.41, 5.74) is 2.28. The Bertz CT molecular complexity index is 737. The highest BCUT2D eigenvalue weighted by molar-refractivity contribution is 5.47. The Morgan fingerprint density at radius 3 is 2.61 bits per heavy atom. The number of benzene rings is 2. The van der Waals surface area contributed by atoms with Crippen LogP contribution in [0, 0.1) is 0 Å². The highest BCUT2D eigenvalue weighted by Crippen LogP contribution is 2.48. The van der Waals surface area contributed by atoms with Gasteiger partial charge in [0.25, 0.3) is 0 Å². The van der Waals surface area contributed by atoms with E-state index in [4.69, 9.17) is 0 Å². The van der Waals surface area contributed by atoms with Gasteiger partial charge < -0.3 is 0 Å². The van der Waals surface area contributed by atoms with Crippen molar-refractivity contribution < 1.29 is 13.2 Å². The molecule has 0 radical (unpaired) electrons. The molecule has 1 fully saturated rings. The lowest BCUT2D eigenvalue weighted by Crippen LogP contribution is -2.47. The highest BCUT2D eigenvalue weighted by Gasteiger charge is 2.47. The van der Waals surface area contributed by atoms with E-state index >= 15 is 0 Å². The van der Waals surface area contributed by atoms with E-state index in [0.29, 0.717) is 0 Å². The molecule has 1 atom stereocenters. The molecule has 0 aromatic heterocycles. The largest absolute Gasteiger partial charge is 0.416 e. The fraction of sp³-hybridized carbons (Fsp3) is 0.368. The van der Waals surface area contributed by atoms with Crippen molar-refractivity contribution in [1.82, 2.24) is 4.90 Å². The van der Waals surface area contributed by atoms with Crippen LogP contribution in [-0.4, -0.2) is 18.0 Å². The van der Waals surface area contributed by atoms with Crippen molar-refractivity contribution in [1.29, 1.82) is 0 Å². The number of halogens is 3. The molecular weight excluding hydrogens is 299 g/mol. The predicted molar refractivity (Wildman–Crippen MR) is 83.2 cm³/mol. The van der Waals surface area contributed by atoms with Gasteiger partial charge in [0.15, 0.2) is 0 Å². The first-order valence-corrected chi connectivity index (χ1v) is 8.03. The molecular formula is C19H18F3N. The monoisotopic (exact) mass is 317 g/mol. The lowest BCUT2D eigenvalue weighted by molar-refractivity contribution is -0.137. The van der Waals surface area contributed by atoms with Crippen LogP contribution in [0.15, 0.2) is 48.5 Å². The molecule has 1 nitrogen and oxygen atoms in total. The van der Waals surface area contributed by atoms with Crippen molar-refractivity contribution in [3.8, 4) is 0 Å². The normalized spacial score (nSPS) is 24.3. The van der Waals surface area contributed by atoms with E-state index in [1.165, 1.54) is 17.2 Å². The lowest BCUT2D eigenvalue weighted by atomic mass is 9.75. The summed E-state index contributed by atoms with van der Waals surface area (Å²) in [5, 5.41) is 0. The fourth-order valence-corrected chi connectivity index (χ4v) is 4.31. The van der Waals surface area contributed by atoms with Gasteiger partial charge in [-0.25, -0.2) is 0 Å². The first-order valence-electron chi connectivity index (χ1n) is 8.03. The molecule has 1 unspecified atom stereocenters. The SMILES string of the molecule is FC(F)(F)c1cccc(C23CCCN2CCc2ccccc23)c1. The van der Waals surface area contributed by atoms with E-state index in [1.54, 1.807) is 6.07 Å². The summed E-state index contributed by atoms with van der Waals surface area (Å²) in [7, 11) is 0. The summed E-state index contributed by atoms with van der Waals surface area (Å²) < 4.78 is 39.5. The predicted octanol–water partition coefficient (Wildman–Crippen LogP) is 4.60. The van der Waals surface area contributed by atoms with Gasteiger partial charge in [0.2, 0.25) is 0 Å². The van der Waals surface area contributed by atoms with Crippen LogP contribution in [0.3, 0.4) is 0 Å². The summed E-state index contributed by atoms with van der Waals surface area (Å²) in [6.45, 7) is 1.86. The maximum atomic E-state index is 13.2. The van der Waals surface area contributed by atoms with E-state index in [2.05, 4.69) is 17.0 Å². The van der Waals surface area contributed by atoms with Gasteiger partial charge in [-0.3, -0.25) is 4.90 Å². The highest BCUT2D eigenvalue weighted by atomic mass is 19.4. The van der Waals surface area contributed by atoms with Crippen LogP contribution >= 0.6 is 0 Å². The molecule has 4 heteroatoms. The lowest BCUT2D eigenvalue weighted by Gasteiger charge is -2.44. The standard InChI is InChI=1S/C19H18F3N/c20-19(21,22)16-7-3-6-15(13-16)18-10-4-11-23(18)12-9-14-5-1-2-8-17(14)18/h1-3,5-8,13H,4,9-12H2. The quantitative estimate of drug-likeness (QED) is 0.743. The third kappa shape index (κ3) is 2.19. The Balaban J connectivity index is 1.92. The van der Waals surface area contributed by atoms with Gasteiger partial charge in [-0.15, -0.1) is 0 Å². The Kier molecular flexibility index (Phi) is 3.27. The zero-order valence-corrected chi connectivity index (χ0v) is 12.7. The topological polar surface area (TPSA) is 3.24 Å². The number of hydrogen-bond donors (Lipinski definition) is 0. The zero-order valence-electron chi connectivity index (χ0n) is 12.7. The molecule has 4 rings (SSSR count). The number of nitrogens with zero attached hydrogens (tertiary/aromatic N) is 1. The molecule has 0 saturated carbocycles. The molecule has 0 N–H and O–H groups in total. The zero-order chi connectivity index (χ0) is 16.1. The minimum absolute atomic E-state index is 0.393. The molecule has 0 aliphatic carbocycles. The fourth-order valence-electron chi connectivity index (χ4n) is 4.31. The number of fused-ring (bicyclic) bond motifs is 3. The summed E-state index contributed by atoms with van der Waals surface area (Å²) in [4.78, 5) is 2.37. The van der Waals surface area contributed by atoms with Crippen molar-refractivity contribution in [3.63, 3.8) is 0 Å². The second-order valence-corrected chi connectivity index (χ2v) is 6.44. The molecule has 1 saturated heterocycles. The third-order valence-electron chi connectivity index (χ3n) is 5.29. The maximum absolute atomic E-state index is 13.2. The second-order valence-electron chi connectivity index (χ2n) is 6.44. The van der Waals surface area contributed by atoms with Crippen LogP contribution in [0.5, 0.6) is 0 Å². The van der Waals surface area contributed by atoms with Gasteiger partial charge >= 0.3 is 6.18 Å². The molecule has 2 aliphatic rings. The molecule has 2 aromatic carbocycles. The summed E-state index contributed by atoms with van der Waals surface area (Å²) in [5.74, 6) is 0. The Hall–Kier alpha value is -1.81. The van der Waals surface area contributed by atoms with Gasteiger partial charge in [-0.2, -0.15) is 13.2 Å². The molecule has 0 spiro atoms. The van der Waals surface area contributed by atoms with Crippen molar-refractivity contribution in [2.45, 2.75) is 31.0 Å². The van der Waals surface area contributed by atoms with E-state index in [1.807, 2.05) is 18.2 Å². The van der Waals surface area contributed by atoms with Gasteiger partial charge in [0.05, 0.1) is 11.1 Å². The van der Waals surface area contributed by atoms with Crippen LogP contribution in [0.4, 0.5) is 13.2 Å². The van der Waals surface area contributed by atoms with Crippen LogP contribution in [-0.2, 0) is 18.1 Å². The first kappa shape index (κ1) is 14.8. The van der Waals surface area contributed by atoms with Crippen LogP contribution < -0.4 is 0 Å². The minimum atomic E-state index is -4.30. The second kappa shape index (κ2) is 5.10. The van der Waals surface area contributed by atoms with E-state index in [0.717, 1.165) is 44.0 Å². The maximum Gasteiger partial charge on any atom is 0.416 e. The molecule has 2 heterocycles. The Labute approximate surface area is 133 Å². The van der Waals surface area contributed by atoms with E-state index in [-0.39, 0.29) is 0 Å². The van der Waals surface area contributed by atoms with Gasteiger partial charge in [-0.1, -0.05) is 36.4 Å². The molecule has 2 aromatic rings. The van der Waals surface area contributed by atoms with Crippen molar-refractivity contribution in [3.05, 3.63) is 70.8 Å². The average molecular weight is 317 g/mol. The molecule has 2 aliphatic heterocycles. The van der Waals surface area contributed by atoms with Crippen molar-refractivity contribution in [2.75, 3.05) is 13.1 Å². The average Bonchev–Trinajstić information content (AvgIpc) is 2.99.